The van der Waals surface area contributed by atoms with Crippen molar-refractivity contribution in [1.82, 2.24) is 19.4 Å². The van der Waals surface area contributed by atoms with Gasteiger partial charge < -0.3 is 9.30 Å². The Labute approximate surface area is 141 Å². The molecule has 5 heteroatoms. The summed E-state index contributed by atoms with van der Waals surface area (Å²) in [6.07, 6.45) is 7.81. The molecule has 0 unspecified atom stereocenters. The number of hydrogen-bond acceptors (Lipinski definition) is 4. The van der Waals surface area contributed by atoms with Gasteiger partial charge in [0, 0.05) is 50.8 Å². The molecule has 1 aliphatic rings. The first-order chi connectivity index (χ1) is 11.8. The van der Waals surface area contributed by atoms with E-state index in [2.05, 4.69) is 56.9 Å². The maximum absolute atomic E-state index is 5.86. The fourth-order valence-corrected chi connectivity index (χ4v) is 3.35. The van der Waals surface area contributed by atoms with Gasteiger partial charge in [-0.15, -0.1) is 0 Å². The lowest BCUT2D eigenvalue weighted by Gasteiger charge is -2.31. The van der Waals surface area contributed by atoms with E-state index in [0.29, 0.717) is 6.01 Å². The van der Waals surface area contributed by atoms with Gasteiger partial charge in [0.15, 0.2) is 0 Å². The molecule has 0 amide bonds. The summed E-state index contributed by atoms with van der Waals surface area (Å²) in [5.41, 5.74) is 2.67. The van der Waals surface area contributed by atoms with Crippen LogP contribution in [0.2, 0.25) is 0 Å². The summed E-state index contributed by atoms with van der Waals surface area (Å²) in [5, 5.41) is 1.30. The van der Waals surface area contributed by atoms with Crippen molar-refractivity contribution in [3.05, 3.63) is 54.5 Å². The van der Waals surface area contributed by atoms with Crippen LogP contribution in [0.4, 0.5) is 0 Å². The number of fused-ring (bicyclic) bond motifs is 1. The molecule has 1 saturated heterocycles. The third kappa shape index (κ3) is 3.26. The lowest BCUT2D eigenvalue weighted by atomic mass is 10.1. The van der Waals surface area contributed by atoms with Crippen molar-refractivity contribution in [3.63, 3.8) is 0 Å². The topological polar surface area (TPSA) is 43.2 Å². The van der Waals surface area contributed by atoms with E-state index in [4.69, 9.17) is 4.74 Å². The summed E-state index contributed by atoms with van der Waals surface area (Å²) in [6.45, 7) is 3.08. The molecule has 1 aliphatic heterocycles. The van der Waals surface area contributed by atoms with Crippen molar-refractivity contribution in [3.8, 4) is 6.01 Å². The number of aryl methyl sites for hydroxylation is 1. The van der Waals surface area contributed by atoms with Crippen molar-refractivity contribution in [1.29, 1.82) is 0 Å². The van der Waals surface area contributed by atoms with Crippen LogP contribution < -0.4 is 4.74 Å². The largest absolute Gasteiger partial charge is 0.460 e. The zero-order valence-corrected chi connectivity index (χ0v) is 13.9. The third-order valence-corrected chi connectivity index (χ3v) is 4.71. The highest BCUT2D eigenvalue weighted by Crippen LogP contribution is 2.20. The summed E-state index contributed by atoms with van der Waals surface area (Å²) >= 11 is 0. The van der Waals surface area contributed by atoms with E-state index in [9.17, 15) is 0 Å². The average molecular weight is 322 g/mol. The molecular formula is C19H22N4O. The minimum atomic E-state index is 0.221. The molecule has 0 aliphatic carbocycles. The Kier molecular flexibility index (Phi) is 4.17. The lowest BCUT2D eigenvalue weighted by Crippen LogP contribution is -2.38. The Bertz CT molecular complexity index is 807. The smallest absolute Gasteiger partial charge is 0.316 e. The minimum absolute atomic E-state index is 0.221. The molecule has 0 N–H and O–H groups in total. The van der Waals surface area contributed by atoms with Crippen LogP contribution in [0.3, 0.4) is 0 Å². The van der Waals surface area contributed by atoms with Crippen molar-refractivity contribution in [2.75, 3.05) is 13.1 Å². The molecular weight excluding hydrogens is 300 g/mol. The molecule has 2 aromatic heterocycles. The van der Waals surface area contributed by atoms with Gasteiger partial charge in [-0.1, -0.05) is 12.1 Å². The zero-order valence-electron chi connectivity index (χ0n) is 13.9. The molecule has 3 heterocycles. The number of hydrogen-bond donors (Lipinski definition) is 0. The van der Waals surface area contributed by atoms with Gasteiger partial charge in [-0.3, -0.25) is 4.90 Å². The molecule has 1 aromatic carbocycles. The molecule has 24 heavy (non-hydrogen) atoms. The van der Waals surface area contributed by atoms with Crippen LogP contribution in [0.15, 0.2) is 48.9 Å². The number of rotatable bonds is 4. The number of aromatic nitrogens is 3. The number of nitrogens with zero attached hydrogens (tertiary/aromatic N) is 4. The maximum Gasteiger partial charge on any atom is 0.316 e. The normalized spacial score (nSPS) is 16.5. The summed E-state index contributed by atoms with van der Waals surface area (Å²) in [5.74, 6) is 0. The fourth-order valence-electron chi connectivity index (χ4n) is 3.35. The molecule has 3 aromatic rings. The van der Waals surface area contributed by atoms with E-state index >= 15 is 0 Å². The Morgan fingerprint density at radius 1 is 1.12 bits per heavy atom. The molecule has 124 valence electrons. The van der Waals surface area contributed by atoms with Crippen LogP contribution in [-0.2, 0) is 13.6 Å². The standard InChI is InChI=1S/C19H22N4O/c1-22-10-5-16-4-3-15(13-18(16)22)14-23-11-6-17(7-12-23)24-19-20-8-2-9-21-19/h2-5,8-10,13,17H,6-7,11-12,14H2,1H3. The molecule has 0 atom stereocenters. The fraction of sp³-hybridized carbons (Fsp3) is 0.368. The quantitative estimate of drug-likeness (QED) is 0.740. The van der Waals surface area contributed by atoms with Gasteiger partial charge in [0.1, 0.15) is 6.10 Å². The minimum Gasteiger partial charge on any atom is -0.460 e. The van der Waals surface area contributed by atoms with Crippen LogP contribution in [0.1, 0.15) is 18.4 Å². The zero-order chi connectivity index (χ0) is 16.4. The van der Waals surface area contributed by atoms with E-state index in [-0.39, 0.29) is 6.10 Å². The van der Waals surface area contributed by atoms with Crippen LogP contribution in [0.5, 0.6) is 6.01 Å². The molecule has 5 nitrogen and oxygen atoms in total. The molecule has 4 rings (SSSR count). The van der Waals surface area contributed by atoms with Gasteiger partial charge >= 0.3 is 6.01 Å². The summed E-state index contributed by atoms with van der Waals surface area (Å²) in [4.78, 5) is 10.8. The Morgan fingerprint density at radius 3 is 2.71 bits per heavy atom. The predicted octanol–water partition coefficient (Wildman–Crippen LogP) is 3.01. The van der Waals surface area contributed by atoms with Crippen molar-refractivity contribution in [2.24, 2.45) is 7.05 Å². The summed E-state index contributed by atoms with van der Waals surface area (Å²) in [7, 11) is 2.10. The van der Waals surface area contributed by atoms with Crippen molar-refractivity contribution in [2.45, 2.75) is 25.5 Å². The van der Waals surface area contributed by atoms with Crippen LogP contribution in [0, 0.1) is 0 Å². The van der Waals surface area contributed by atoms with E-state index in [1.807, 2.05) is 0 Å². The van der Waals surface area contributed by atoms with Crippen molar-refractivity contribution < 1.29 is 4.74 Å². The Morgan fingerprint density at radius 2 is 1.92 bits per heavy atom. The second kappa shape index (κ2) is 6.61. The van der Waals surface area contributed by atoms with E-state index < -0.39 is 0 Å². The highest BCUT2D eigenvalue weighted by molar-refractivity contribution is 5.80. The van der Waals surface area contributed by atoms with Crippen molar-refractivity contribution >= 4 is 10.9 Å². The second-order valence-electron chi connectivity index (χ2n) is 6.44. The van der Waals surface area contributed by atoms with Crippen LogP contribution in [0.25, 0.3) is 10.9 Å². The predicted molar refractivity (Wildman–Crippen MR) is 93.9 cm³/mol. The van der Waals surface area contributed by atoms with Crippen LogP contribution >= 0.6 is 0 Å². The maximum atomic E-state index is 5.86. The molecule has 0 bridgehead atoms. The van der Waals surface area contributed by atoms with Gasteiger partial charge in [0.25, 0.3) is 0 Å². The average Bonchev–Trinajstić information content (AvgIpc) is 2.98. The first-order valence-electron chi connectivity index (χ1n) is 8.48. The first kappa shape index (κ1) is 15.1. The molecule has 0 radical (unpaired) electrons. The van der Waals surface area contributed by atoms with Gasteiger partial charge in [0.2, 0.25) is 0 Å². The van der Waals surface area contributed by atoms with Gasteiger partial charge in [-0.25, -0.2) is 9.97 Å². The van der Waals surface area contributed by atoms with Gasteiger partial charge in [0.05, 0.1) is 0 Å². The van der Waals surface area contributed by atoms with E-state index in [1.165, 1.54) is 16.5 Å². The molecule has 0 saturated carbocycles. The Balaban J connectivity index is 1.34. The molecule has 1 fully saturated rings. The monoisotopic (exact) mass is 322 g/mol. The number of ether oxygens (including phenoxy) is 1. The van der Waals surface area contributed by atoms with E-state index in [0.717, 1.165) is 32.5 Å². The summed E-state index contributed by atoms with van der Waals surface area (Å²) in [6, 6.07) is 11.2. The number of piperidine rings is 1. The Hall–Kier alpha value is -2.40. The van der Waals surface area contributed by atoms with Crippen LogP contribution in [-0.4, -0.2) is 38.6 Å². The molecule has 0 spiro atoms. The third-order valence-electron chi connectivity index (χ3n) is 4.71. The second-order valence-corrected chi connectivity index (χ2v) is 6.44. The van der Waals surface area contributed by atoms with Gasteiger partial charge in [-0.05, 0) is 42.0 Å². The highest BCUT2D eigenvalue weighted by atomic mass is 16.5. The first-order valence-corrected chi connectivity index (χ1v) is 8.48. The van der Waals surface area contributed by atoms with Gasteiger partial charge in [-0.2, -0.15) is 0 Å². The van der Waals surface area contributed by atoms with E-state index in [1.54, 1.807) is 18.5 Å². The SMILES string of the molecule is Cn1ccc2ccc(CN3CCC(Oc4ncccn4)CC3)cc21. The highest BCUT2D eigenvalue weighted by Gasteiger charge is 2.21. The lowest BCUT2D eigenvalue weighted by molar-refractivity contribution is 0.0892. The number of likely N-dealkylation sites (tertiary alicyclic amines) is 1. The summed E-state index contributed by atoms with van der Waals surface area (Å²) < 4.78 is 8.04. The number of benzene rings is 1.